The molecule has 1 aromatic rings. The van der Waals surface area contributed by atoms with E-state index in [0.29, 0.717) is 24.5 Å². The van der Waals surface area contributed by atoms with Gasteiger partial charge in [-0.25, -0.2) is 13.2 Å². The Kier molecular flexibility index (Phi) is 6.92. The van der Waals surface area contributed by atoms with Crippen LogP contribution in [0.4, 0.5) is 4.79 Å². The van der Waals surface area contributed by atoms with Gasteiger partial charge in [-0.2, -0.15) is 4.31 Å². The predicted molar refractivity (Wildman–Crippen MR) is 106 cm³/mol. The zero-order chi connectivity index (χ0) is 20.2. The van der Waals surface area contributed by atoms with Gasteiger partial charge in [-0.05, 0) is 65.5 Å². The van der Waals surface area contributed by atoms with E-state index < -0.39 is 15.6 Å². The first-order valence-corrected chi connectivity index (χ1v) is 11.0. The molecule has 1 fully saturated rings. The third-order valence-corrected chi connectivity index (χ3v) is 6.45. The Morgan fingerprint density at radius 1 is 1.26 bits per heavy atom. The van der Waals surface area contributed by atoms with Crippen molar-refractivity contribution in [3.05, 3.63) is 30.3 Å². The smallest absolute Gasteiger partial charge is 0.410 e. The zero-order valence-electron chi connectivity index (χ0n) is 17.0. The molecule has 1 atom stereocenters. The minimum absolute atomic E-state index is 0.0130. The van der Waals surface area contributed by atoms with Gasteiger partial charge in [0.1, 0.15) is 5.60 Å². The topological polar surface area (TPSA) is 66.9 Å². The lowest BCUT2D eigenvalue weighted by atomic mass is 9.98. The van der Waals surface area contributed by atoms with Crippen LogP contribution < -0.4 is 0 Å². The second-order valence-corrected chi connectivity index (χ2v) is 10.3. The van der Waals surface area contributed by atoms with Gasteiger partial charge in [-0.1, -0.05) is 18.2 Å². The third-order valence-electron chi connectivity index (χ3n) is 4.57. The predicted octanol–water partition coefficient (Wildman–Crippen LogP) is 3.73. The number of hydrogen-bond donors (Lipinski definition) is 0. The van der Waals surface area contributed by atoms with E-state index in [1.807, 2.05) is 34.6 Å². The number of sulfonamides is 1. The lowest BCUT2D eigenvalue weighted by Crippen LogP contribution is -2.48. The van der Waals surface area contributed by atoms with Crippen molar-refractivity contribution in [1.29, 1.82) is 0 Å². The number of benzene rings is 1. The maximum Gasteiger partial charge on any atom is 0.410 e. The molecule has 152 valence electrons. The van der Waals surface area contributed by atoms with Gasteiger partial charge in [0.15, 0.2) is 0 Å². The Morgan fingerprint density at radius 3 is 2.44 bits per heavy atom. The van der Waals surface area contributed by atoms with Crippen LogP contribution in [0.15, 0.2) is 35.2 Å². The molecule has 1 heterocycles. The van der Waals surface area contributed by atoms with Crippen molar-refractivity contribution >= 4 is 16.1 Å². The second kappa shape index (κ2) is 8.61. The molecule has 1 aliphatic heterocycles. The molecular formula is C20H32N2O4S. The van der Waals surface area contributed by atoms with Crippen molar-refractivity contribution in [1.82, 2.24) is 9.21 Å². The maximum atomic E-state index is 12.9. The molecule has 1 aliphatic rings. The van der Waals surface area contributed by atoms with Gasteiger partial charge >= 0.3 is 6.09 Å². The van der Waals surface area contributed by atoms with Crippen LogP contribution in [-0.4, -0.2) is 55.0 Å². The summed E-state index contributed by atoms with van der Waals surface area (Å²) < 4.78 is 32.9. The van der Waals surface area contributed by atoms with Gasteiger partial charge in [0, 0.05) is 25.7 Å². The van der Waals surface area contributed by atoms with Crippen molar-refractivity contribution in [2.24, 2.45) is 5.92 Å². The van der Waals surface area contributed by atoms with Crippen LogP contribution in [0, 0.1) is 5.92 Å². The number of carbonyl (C=O) groups excluding carboxylic acids is 1. The van der Waals surface area contributed by atoms with E-state index >= 15 is 0 Å². The van der Waals surface area contributed by atoms with Gasteiger partial charge in [-0.15, -0.1) is 0 Å². The van der Waals surface area contributed by atoms with E-state index in [1.165, 1.54) is 0 Å². The van der Waals surface area contributed by atoms with Crippen molar-refractivity contribution in [3.8, 4) is 0 Å². The zero-order valence-corrected chi connectivity index (χ0v) is 17.8. The highest BCUT2D eigenvalue weighted by Gasteiger charge is 2.33. The summed E-state index contributed by atoms with van der Waals surface area (Å²) in [6, 6.07) is 8.51. The lowest BCUT2D eigenvalue weighted by molar-refractivity contribution is 0.0138. The summed E-state index contributed by atoms with van der Waals surface area (Å²) in [5, 5.41) is 0. The molecule has 2 rings (SSSR count). The molecule has 0 aromatic heterocycles. The molecule has 1 saturated heterocycles. The van der Waals surface area contributed by atoms with E-state index in [9.17, 15) is 13.2 Å². The van der Waals surface area contributed by atoms with Crippen molar-refractivity contribution in [2.45, 2.75) is 64.0 Å². The van der Waals surface area contributed by atoms with Gasteiger partial charge in [0.25, 0.3) is 0 Å². The summed E-state index contributed by atoms with van der Waals surface area (Å²) in [6.45, 7) is 10.9. The molecular weight excluding hydrogens is 364 g/mol. The SMILES string of the molecule is CC(C)N(CC1CCCN(S(=O)(=O)c2ccccc2)C1)C(=O)OC(C)(C)C. The summed E-state index contributed by atoms with van der Waals surface area (Å²) in [5.74, 6) is 0.0900. The average Bonchev–Trinajstić information content (AvgIpc) is 2.59. The molecule has 0 N–H and O–H groups in total. The lowest BCUT2D eigenvalue weighted by Gasteiger charge is -2.37. The van der Waals surface area contributed by atoms with Crippen molar-refractivity contribution in [2.75, 3.05) is 19.6 Å². The molecule has 1 unspecified atom stereocenters. The molecule has 1 amide bonds. The van der Waals surface area contributed by atoms with E-state index in [4.69, 9.17) is 4.74 Å². The van der Waals surface area contributed by atoms with Gasteiger partial charge in [0.05, 0.1) is 4.90 Å². The van der Waals surface area contributed by atoms with Gasteiger partial charge in [0.2, 0.25) is 10.0 Å². The Balaban J connectivity index is 2.09. The molecule has 7 heteroatoms. The molecule has 27 heavy (non-hydrogen) atoms. The van der Waals surface area contributed by atoms with Crippen molar-refractivity contribution in [3.63, 3.8) is 0 Å². The summed E-state index contributed by atoms with van der Waals surface area (Å²) in [7, 11) is -3.50. The molecule has 0 saturated carbocycles. The van der Waals surface area contributed by atoms with Crippen LogP contribution in [0.3, 0.4) is 0 Å². The first-order chi connectivity index (χ1) is 12.5. The van der Waals surface area contributed by atoms with E-state index in [-0.39, 0.29) is 18.1 Å². The fraction of sp³-hybridized carbons (Fsp3) is 0.650. The number of amides is 1. The highest BCUT2D eigenvalue weighted by molar-refractivity contribution is 7.89. The van der Waals surface area contributed by atoms with Gasteiger partial charge in [-0.3, -0.25) is 0 Å². The van der Waals surface area contributed by atoms with Crippen LogP contribution in [0.25, 0.3) is 0 Å². The standard InChI is InChI=1S/C20H32N2O4S/c1-16(2)22(19(23)26-20(3,4)5)15-17-10-9-13-21(14-17)27(24,25)18-11-7-6-8-12-18/h6-8,11-12,16-17H,9-10,13-15H2,1-5H3. The van der Waals surface area contributed by atoms with Crippen LogP contribution in [0.5, 0.6) is 0 Å². The van der Waals surface area contributed by atoms with Crippen LogP contribution in [0.1, 0.15) is 47.5 Å². The van der Waals surface area contributed by atoms with E-state index in [0.717, 1.165) is 12.8 Å². The fourth-order valence-electron chi connectivity index (χ4n) is 3.23. The summed E-state index contributed by atoms with van der Waals surface area (Å²) in [4.78, 5) is 14.6. The first kappa shape index (κ1) is 21.7. The normalized spacial score (nSPS) is 19.1. The molecule has 0 radical (unpaired) electrons. The van der Waals surface area contributed by atoms with Crippen molar-refractivity contribution < 1.29 is 17.9 Å². The number of rotatable bonds is 5. The summed E-state index contributed by atoms with van der Waals surface area (Å²) in [5.41, 5.74) is -0.556. The number of piperidine rings is 1. The number of hydrogen-bond acceptors (Lipinski definition) is 4. The number of ether oxygens (including phenoxy) is 1. The quantitative estimate of drug-likeness (QED) is 0.760. The Hall–Kier alpha value is -1.60. The highest BCUT2D eigenvalue weighted by atomic mass is 32.2. The fourth-order valence-corrected chi connectivity index (χ4v) is 4.81. The maximum absolute atomic E-state index is 12.9. The van der Waals surface area contributed by atoms with Crippen LogP contribution in [-0.2, 0) is 14.8 Å². The number of carbonyl (C=O) groups is 1. The monoisotopic (exact) mass is 396 g/mol. The largest absolute Gasteiger partial charge is 0.444 e. The summed E-state index contributed by atoms with van der Waals surface area (Å²) >= 11 is 0. The molecule has 0 bridgehead atoms. The Morgan fingerprint density at radius 2 is 1.89 bits per heavy atom. The van der Waals surface area contributed by atoms with Gasteiger partial charge < -0.3 is 9.64 Å². The van der Waals surface area contributed by atoms with Crippen LogP contribution in [0.2, 0.25) is 0 Å². The molecule has 0 spiro atoms. The highest BCUT2D eigenvalue weighted by Crippen LogP contribution is 2.25. The average molecular weight is 397 g/mol. The molecule has 6 nitrogen and oxygen atoms in total. The molecule has 1 aromatic carbocycles. The first-order valence-electron chi connectivity index (χ1n) is 9.55. The minimum atomic E-state index is -3.50. The Bertz CT molecular complexity index is 726. The van der Waals surface area contributed by atoms with Crippen LogP contribution >= 0.6 is 0 Å². The van der Waals surface area contributed by atoms with E-state index in [1.54, 1.807) is 39.5 Å². The minimum Gasteiger partial charge on any atom is -0.444 e. The Labute approximate surface area is 163 Å². The van der Waals surface area contributed by atoms with E-state index in [2.05, 4.69) is 0 Å². The second-order valence-electron chi connectivity index (χ2n) is 8.41. The summed E-state index contributed by atoms with van der Waals surface area (Å²) in [6.07, 6.45) is 1.34. The third kappa shape index (κ3) is 5.94. The number of nitrogens with zero attached hydrogens (tertiary/aromatic N) is 2. The molecule has 0 aliphatic carbocycles.